The van der Waals surface area contributed by atoms with E-state index >= 15 is 0 Å². The van der Waals surface area contributed by atoms with Gasteiger partial charge in [-0.3, -0.25) is 0 Å². The summed E-state index contributed by atoms with van der Waals surface area (Å²) in [5.74, 6) is -0.693. The number of primary amides is 1. The number of nitrogens with two attached hydrogens (primary N) is 1. The van der Waals surface area contributed by atoms with E-state index in [-0.39, 0.29) is 27.4 Å². The summed E-state index contributed by atoms with van der Waals surface area (Å²) in [5, 5.41) is 9.14. The number of aryl methyl sites for hydroxylation is 1. The van der Waals surface area contributed by atoms with E-state index in [4.69, 9.17) is 5.73 Å². The number of carbonyl (C=O) groups excluding carboxylic acids is 2. The van der Waals surface area contributed by atoms with Crippen LogP contribution < -0.4 is 15.4 Å². The third kappa shape index (κ3) is 4.42. The Morgan fingerprint density at radius 2 is 1.97 bits per heavy atom. The number of rotatable bonds is 6. The van der Waals surface area contributed by atoms with E-state index in [9.17, 15) is 9.59 Å². The third-order valence-electron chi connectivity index (χ3n) is 4.54. The van der Waals surface area contributed by atoms with Crippen molar-refractivity contribution in [2.24, 2.45) is 12.8 Å². The van der Waals surface area contributed by atoms with E-state index in [1.807, 2.05) is 61.8 Å². The standard InChI is InChI=1S/C22H19AsN5O2/c1-28-13-15-6-7-16(11-19(15)27-28)26-22(30)17-4-2-3-5-18(17)23-12-14-8-9-25-20(10-14)21(24)29/h2-11,13H,12H2,1H3,(H2,24,29)(H,26,30). The molecule has 0 aliphatic rings. The van der Waals surface area contributed by atoms with Crippen molar-refractivity contribution in [2.45, 2.75) is 5.21 Å². The summed E-state index contributed by atoms with van der Waals surface area (Å²) in [6.45, 7) is 0. The van der Waals surface area contributed by atoms with Crippen molar-refractivity contribution in [3.8, 4) is 0 Å². The van der Waals surface area contributed by atoms with Crippen LogP contribution in [0.3, 0.4) is 0 Å². The first kappa shape index (κ1) is 19.9. The van der Waals surface area contributed by atoms with E-state index in [1.54, 1.807) is 16.9 Å². The van der Waals surface area contributed by atoms with Crippen LogP contribution in [0.25, 0.3) is 10.9 Å². The number of amides is 2. The Bertz CT molecular complexity index is 1250. The molecule has 0 saturated carbocycles. The van der Waals surface area contributed by atoms with Gasteiger partial charge < -0.3 is 0 Å². The van der Waals surface area contributed by atoms with Crippen LogP contribution in [-0.4, -0.2) is 42.3 Å². The number of benzene rings is 2. The summed E-state index contributed by atoms with van der Waals surface area (Å²) in [6.07, 6.45) is 3.52. The molecule has 4 rings (SSSR count). The first-order valence-corrected chi connectivity index (χ1v) is 11.5. The van der Waals surface area contributed by atoms with Crippen LogP contribution >= 0.6 is 0 Å². The SMILES string of the molecule is Cn1cc2ccc(NC(=O)c3ccccc3[As]Cc3ccnc(C(N)=O)c3)cc2n1. The van der Waals surface area contributed by atoms with Gasteiger partial charge in [0.05, 0.1) is 0 Å². The zero-order chi connectivity index (χ0) is 21.1. The second kappa shape index (κ2) is 8.51. The fraction of sp³-hybridized carbons (Fsp3) is 0.0909. The fourth-order valence-electron chi connectivity index (χ4n) is 3.10. The van der Waals surface area contributed by atoms with Gasteiger partial charge in [0.1, 0.15) is 0 Å². The normalized spacial score (nSPS) is 11.2. The van der Waals surface area contributed by atoms with E-state index < -0.39 is 5.91 Å². The van der Waals surface area contributed by atoms with Crippen LogP contribution in [0.15, 0.2) is 67.0 Å². The molecule has 2 heterocycles. The van der Waals surface area contributed by atoms with Gasteiger partial charge >= 0.3 is 180 Å². The number of pyridine rings is 1. The van der Waals surface area contributed by atoms with Crippen molar-refractivity contribution in [1.82, 2.24) is 14.8 Å². The van der Waals surface area contributed by atoms with Crippen molar-refractivity contribution in [3.63, 3.8) is 0 Å². The fourth-order valence-corrected chi connectivity index (χ4v) is 5.38. The van der Waals surface area contributed by atoms with Crippen LogP contribution in [0, 0.1) is 0 Å². The number of aromatic nitrogens is 3. The summed E-state index contributed by atoms with van der Waals surface area (Å²) in [6, 6.07) is 16.9. The molecule has 2 aromatic carbocycles. The number of anilines is 1. The Labute approximate surface area is 180 Å². The minimum absolute atomic E-state index is 0.149. The quantitative estimate of drug-likeness (QED) is 0.429. The first-order valence-electron chi connectivity index (χ1n) is 9.25. The molecule has 0 fully saturated rings. The van der Waals surface area contributed by atoms with Gasteiger partial charge in [0.15, 0.2) is 0 Å². The molecule has 30 heavy (non-hydrogen) atoms. The Morgan fingerprint density at radius 1 is 1.13 bits per heavy atom. The Kier molecular flexibility index (Phi) is 5.63. The van der Waals surface area contributed by atoms with Crippen LogP contribution in [0.4, 0.5) is 5.69 Å². The third-order valence-corrected chi connectivity index (χ3v) is 7.17. The second-order valence-electron chi connectivity index (χ2n) is 6.78. The molecule has 0 spiro atoms. The molecule has 2 aromatic heterocycles. The molecular weight excluding hydrogens is 441 g/mol. The summed E-state index contributed by atoms with van der Waals surface area (Å²) < 4.78 is 2.76. The van der Waals surface area contributed by atoms with E-state index in [1.165, 1.54) is 0 Å². The zero-order valence-electron chi connectivity index (χ0n) is 16.2. The van der Waals surface area contributed by atoms with E-state index in [0.717, 1.165) is 26.0 Å². The van der Waals surface area contributed by atoms with Crippen LogP contribution in [0.2, 0.25) is 0 Å². The van der Waals surface area contributed by atoms with Gasteiger partial charge in [0.25, 0.3) is 0 Å². The van der Waals surface area contributed by atoms with Crippen molar-refractivity contribution >= 4 is 48.5 Å². The maximum atomic E-state index is 12.9. The van der Waals surface area contributed by atoms with Gasteiger partial charge in [0.2, 0.25) is 0 Å². The molecule has 0 unspecified atom stereocenters. The molecule has 0 aliphatic carbocycles. The van der Waals surface area contributed by atoms with Crippen LogP contribution in [-0.2, 0) is 12.3 Å². The second-order valence-corrected chi connectivity index (χ2v) is 9.12. The number of nitrogens with one attached hydrogen (secondary N) is 1. The van der Waals surface area contributed by atoms with E-state index in [2.05, 4.69) is 15.4 Å². The average molecular weight is 460 g/mol. The molecular formula is C22H19AsN5O2. The molecule has 3 N–H and O–H groups in total. The number of nitrogens with zero attached hydrogens (tertiary/aromatic N) is 3. The average Bonchev–Trinajstić information content (AvgIpc) is 3.12. The van der Waals surface area contributed by atoms with Crippen molar-refractivity contribution in [1.29, 1.82) is 0 Å². The van der Waals surface area contributed by atoms with Gasteiger partial charge in [-0.15, -0.1) is 0 Å². The Balaban J connectivity index is 1.51. The Hall–Kier alpha value is -3.44. The van der Waals surface area contributed by atoms with Gasteiger partial charge in [-0.05, 0) is 0 Å². The maximum absolute atomic E-state index is 12.9. The molecule has 0 saturated heterocycles. The number of hydrogen-bond acceptors (Lipinski definition) is 4. The molecule has 149 valence electrons. The first-order chi connectivity index (χ1) is 14.5. The van der Waals surface area contributed by atoms with Gasteiger partial charge in [0, 0.05) is 0 Å². The molecule has 0 aliphatic heterocycles. The van der Waals surface area contributed by atoms with Crippen molar-refractivity contribution in [2.75, 3.05) is 5.32 Å². The van der Waals surface area contributed by atoms with Gasteiger partial charge in [-0.1, -0.05) is 0 Å². The Morgan fingerprint density at radius 3 is 2.80 bits per heavy atom. The summed E-state index contributed by atoms with van der Waals surface area (Å²) in [4.78, 5) is 28.2. The van der Waals surface area contributed by atoms with E-state index in [0.29, 0.717) is 11.3 Å². The number of carbonyl (C=O) groups is 2. The van der Waals surface area contributed by atoms with Gasteiger partial charge in [-0.2, -0.15) is 0 Å². The van der Waals surface area contributed by atoms with Crippen LogP contribution in [0.5, 0.6) is 0 Å². The molecule has 7 nitrogen and oxygen atoms in total. The molecule has 2 amide bonds. The van der Waals surface area contributed by atoms with Crippen molar-refractivity contribution in [3.05, 3.63) is 83.8 Å². The zero-order valence-corrected chi connectivity index (χ0v) is 18.1. The predicted molar refractivity (Wildman–Crippen MR) is 117 cm³/mol. The summed E-state index contributed by atoms with van der Waals surface area (Å²) >= 11 is -0.329. The molecule has 8 heteroatoms. The van der Waals surface area contributed by atoms with Gasteiger partial charge in [-0.25, -0.2) is 0 Å². The number of hydrogen-bond donors (Lipinski definition) is 2. The molecule has 0 atom stereocenters. The molecule has 1 radical (unpaired) electrons. The predicted octanol–water partition coefficient (Wildman–Crippen LogP) is 1.85. The summed E-state index contributed by atoms with van der Waals surface area (Å²) in [7, 11) is 1.87. The van der Waals surface area contributed by atoms with Crippen LogP contribution in [0.1, 0.15) is 26.4 Å². The monoisotopic (exact) mass is 460 g/mol. The summed E-state index contributed by atoms with van der Waals surface area (Å²) in [5.41, 5.74) is 8.74. The molecule has 4 aromatic rings. The minimum atomic E-state index is -0.544. The molecule has 0 bridgehead atoms. The van der Waals surface area contributed by atoms with Crippen molar-refractivity contribution < 1.29 is 9.59 Å². The topological polar surface area (TPSA) is 103 Å². The number of fused-ring (bicyclic) bond motifs is 1.